The molecule has 0 spiro atoms. The number of hydrogen-bond acceptors (Lipinski definition) is 1. The minimum Gasteiger partial charge on any atom is -0.393 e. The lowest BCUT2D eigenvalue weighted by atomic mass is 9.66. The van der Waals surface area contributed by atoms with Crippen molar-refractivity contribution in [2.24, 2.45) is 29.6 Å². The summed E-state index contributed by atoms with van der Waals surface area (Å²) in [5.74, 6) is 3.37. The second-order valence-corrected chi connectivity index (χ2v) is 5.81. The van der Waals surface area contributed by atoms with Gasteiger partial charge in [0.15, 0.2) is 0 Å². The van der Waals surface area contributed by atoms with E-state index in [1.165, 1.54) is 6.42 Å². The fourth-order valence-corrected chi connectivity index (χ4v) is 2.89. The van der Waals surface area contributed by atoms with Gasteiger partial charge < -0.3 is 5.11 Å². The van der Waals surface area contributed by atoms with Crippen LogP contribution in [0.5, 0.6) is 0 Å². The summed E-state index contributed by atoms with van der Waals surface area (Å²) in [7, 11) is 0. The van der Waals surface area contributed by atoms with Gasteiger partial charge in [-0.3, -0.25) is 0 Å². The fraction of sp³-hybridized carbons (Fsp3) is 1.00. The first-order valence-corrected chi connectivity index (χ1v) is 6.11. The van der Waals surface area contributed by atoms with Crippen LogP contribution in [0.2, 0.25) is 0 Å². The Labute approximate surface area is 88.9 Å². The van der Waals surface area contributed by atoms with E-state index in [1.807, 2.05) is 0 Å². The van der Waals surface area contributed by atoms with Crippen molar-refractivity contribution in [1.82, 2.24) is 0 Å². The lowest BCUT2D eigenvalue weighted by molar-refractivity contribution is -0.0112. The molecule has 0 unspecified atom stereocenters. The summed E-state index contributed by atoms with van der Waals surface area (Å²) in [5, 5.41) is 10.0. The molecule has 1 heteroatoms. The maximum atomic E-state index is 10.0. The highest BCUT2D eigenvalue weighted by Crippen LogP contribution is 2.40. The van der Waals surface area contributed by atoms with Gasteiger partial charge in [0, 0.05) is 0 Å². The van der Waals surface area contributed by atoms with Crippen molar-refractivity contribution < 1.29 is 5.11 Å². The average molecular weight is 198 g/mol. The van der Waals surface area contributed by atoms with Crippen LogP contribution in [0.15, 0.2) is 0 Å². The van der Waals surface area contributed by atoms with Gasteiger partial charge in [0.25, 0.3) is 0 Å². The third kappa shape index (κ3) is 2.50. The summed E-state index contributed by atoms with van der Waals surface area (Å²) in [6.07, 6.45) is 2.26. The van der Waals surface area contributed by atoms with Crippen LogP contribution >= 0.6 is 0 Å². The molecule has 1 saturated carbocycles. The van der Waals surface area contributed by atoms with Gasteiger partial charge in [0.2, 0.25) is 0 Å². The highest BCUT2D eigenvalue weighted by atomic mass is 16.3. The highest BCUT2D eigenvalue weighted by Gasteiger charge is 2.36. The van der Waals surface area contributed by atoms with E-state index in [-0.39, 0.29) is 6.10 Å². The number of aliphatic hydroxyl groups is 1. The molecular formula is C13H26O. The second-order valence-electron chi connectivity index (χ2n) is 5.81. The van der Waals surface area contributed by atoms with Crippen molar-refractivity contribution in [2.45, 2.75) is 53.6 Å². The predicted octanol–water partition coefficient (Wildman–Crippen LogP) is 3.32. The third-order valence-electron chi connectivity index (χ3n) is 4.20. The minimum atomic E-state index is -0.0662. The Morgan fingerprint density at radius 2 is 1.57 bits per heavy atom. The Hall–Kier alpha value is -0.0400. The topological polar surface area (TPSA) is 20.2 Å². The first-order chi connectivity index (χ1) is 6.43. The summed E-state index contributed by atoms with van der Waals surface area (Å²) in [6, 6.07) is 0. The van der Waals surface area contributed by atoms with Crippen molar-refractivity contribution in [1.29, 1.82) is 0 Å². The van der Waals surface area contributed by atoms with Crippen molar-refractivity contribution >= 4 is 0 Å². The zero-order valence-electron chi connectivity index (χ0n) is 10.3. The van der Waals surface area contributed by atoms with Gasteiger partial charge in [-0.25, -0.2) is 0 Å². The maximum absolute atomic E-state index is 10.0. The largest absolute Gasteiger partial charge is 0.393 e. The van der Waals surface area contributed by atoms with Crippen molar-refractivity contribution in [2.75, 3.05) is 0 Å². The molecule has 1 fully saturated rings. The lowest BCUT2D eigenvalue weighted by Crippen LogP contribution is -2.38. The standard InChI is InChI=1S/C13H26O/c1-8(2)11-6-12(9(3)4)10(5)13(14)7-11/h8-14H,6-7H2,1-5H3/t10-,11+,12-,13+/m1/s1. The molecule has 14 heavy (non-hydrogen) atoms. The summed E-state index contributed by atoms with van der Waals surface area (Å²) >= 11 is 0. The van der Waals surface area contributed by atoms with Gasteiger partial charge in [-0.15, -0.1) is 0 Å². The molecule has 0 saturated heterocycles. The quantitative estimate of drug-likeness (QED) is 0.721. The van der Waals surface area contributed by atoms with E-state index in [9.17, 15) is 5.11 Å². The SMILES string of the molecule is CC(C)[C@H]1C[C@H](C(C)C)[C@@H](C)[C@@H](O)C1. The first-order valence-electron chi connectivity index (χ1n) is 6.11. The molecule has 0 heterocycles. The molecular weight excluding hydrogens is 172 g/mol. The van der Waals surface area contributed by atoms with Crippen LogP contribution in [-0.4, -0.2) is 11.2 Å². The molecule has 4 atom stereocenters. The van der Waals surface area contributed by atoms with Crippen LogP contribution in [0, 0.1) is 29.6 Å². The monoisotopic (exact) mass is 198 g/mol. The van der Waals surface area contributed by atoms with Crippen molar-refractivity contribution in [3.63, 3.8) is 0 Å². The van der Waals surface area contributed by atoms with Gasteiger partial charge in [0.05, 0.1) is 6.10 Å². The molecule has 0 bridgehead atoms. The number of rotatable bonds is 2. The molecule has 84 valence electrons. The Balaban J connectivity index is 2.66. The minimum absolute atomic E-state index is 0.0662. The summed E-state index contributed by atoms with van der Waals surface area (Å²) in [4.78, 5) is 0. The second kappa shape index (κ2) is 4.65. The van der Waals surface area contributed by atoms with E-state index in [4.69, 9.17) is 0 Å². The van der Waals surface area contributed by atoms with Crippen LogP contribution in [0.25, 0.3) is 0 Å². The molecule has 1 N–H and O–H groups in total. The number of hydrogen-bond donors (Lipinski definition) is 1. The molecule has 0 aromatic carbocycles. The molecule has 0 radical (unpaired) electrons. The third-order valence-corrected chi connectivity index (χ3v) is 4.20. The molecule has 0 aromatic heterocycles. The predicted molar refractivity (Wildman–Crippen MR) is 61.1 cm³/mol. The van der Waals surface area contributed by atoms with Crippen LogP contribution in [0.1, 0.15) is 47.5 Å². The number of aliphatic hydroxyl groups excluding tert-OH is 1. The van der Waals surface area contributed by atoms with Gasteiger partial charge >= 0.3 is 0 Å². The van der Waals surface area contributed by atoms with Gasteiger partial charge in [-0.05, 0) is 42.4 Å². The van der Waals surface area contributed by atoms with Gasteiger partial charge in [0.1, 0.15) is 0 Å². The van der Waals surface area contributed by atoms with Crippen LogP contribution in [0.3, 0.4) is 0 Å². The van der Waals surface area contributed by atoms with E-state index in [0.717, 1.165) is 18.3 Å². The van der Waals surface area contributed by atoms with E-state index < -0.39 is 0 Å². The maximum Gasteiger partial charge on any atom is 0.0571 e. The Morgan fingerprint density at radius 1 is 1.00 bits per heavy atom. The van der Waals surface area contributed by atoms with Crippen molar-refractivity contribution in [3.8, 4) is 0 Å². The first kappa shape index (κ1) is 12.0. The van der Waals surface area contributed by atoms with Gasteiger partial charge in [-0.1, -0.05) is 34.6 Å². The summed E-state index contributed by atoms with van der Waals surface area (Å²) in [5.41, 5.74) is 0. The highest BCUT2D eigenvalue weighted by molar-refractivity contribution is 4.86. The summed E-state index contributed by atoms with van der Waals surface area (Å²) in [6.45, 7) is 11.4. The molecule has 0 amide bonds. The van der Waals surface area contributed by atoms with Crippen molar-refractivity contribution in [3.05, 3.63) is 0 Å². The van der Waals surface area contributed by atoms with Crippen LogP contribution in [-0.2, 0) is 0 Å². The molecule has 0 aliphatic heterocycles. The normalized spacial score (nSPS) is 39.4. The van der Waals surface area contributed by atoms with Crippen LogP contribution in [0.4, 0.5) is 0 Å². The zero-order valence-corrected chi connectivity index (χ0v) is 10.3. The molecule has 1 aliphatic rings. The smallest absolute Gasteiger partial charge is 0.0571 e. The lowest BCUT2D eigenvalue weighted by Gasteiger charge is -2.41. The Morgan fingerprint density at radius 3 is 2.00 bits per heavy atom. The Kier molecular flexibility index (Phi) is 4.00. The molecule has 0 aromatic rings. The molecule has 1 rings (SSSR count). The summed E-state index contributed by atoms with van der Waals surface area (Å²) < 4.78 is 0. The van der Waals surface area contributed by atoms with E-state index in [0.29, 0.717) is 17.8 Å². The molecule has 1 nitrogen and oxygen atoms in total. The van der Waals surface area contributed by atoms with Crippen LogP contribution < -0.4 is 0 Å². The van der Waals surface area contributed by atoms with E-state index in [2.05, 4.69) is 34.6 Å². The zero-order chi connectivity index (χ0) is 10.9. The average Bonchev–Trinajstić information content (AvgIpc) is 2.08. The fourth-order valence-electron chi connectivity index (χ4n) is 2.89. The van der Waals surface area contributed by atoms with E-state index in [1.54, 1.807) is 0 Å². The Bertz CT molecular complexity index is 174. The molecule has 1 aliphatic carbocycles. The van der Waals surface area contributed by atoms with Gasteiger partial charge in [-0.2, -0.15) is 0 Å². The van der Waals surface area contributed by atoms with E-state index >= 15 is 0 Å².